The lowest BCUT2D eigenvalue weighted by Gasteiger charge is -2.15. The minimum Gasteiger partial charge on any atom is -0.508 e. The highest BCUT2D eigenvalue weighted by Crippen LogP contribution is 2.39. The van der Waals surface area contributed by atoms with E-state index >= 15 is 0 Å². The van der Waals surface area contributed by atoms with Gasteiger partial charge < -0.3 is 14.2 Å². The number of phenolic OH excluding ortho intramolecular Hbond substituents is 1. The first-order chi connectivity index (χ1) is 13.7. The number of nitroso groups, excluding NO2 is 1. The number of nitriles is 1. The number of rotatable bonds is 5. The molecule has 1 N–H and O–H groups in total. The molecular formula is C22H18N4O2. The molecule has 138 valence electrons. The Balaban J connectivity index is 2.18. The summed E-state index contributed by atoms with van der Waals surface area (Å²) in [6.07, 6.45) is 1.88. The molecule has 2 aromatic carbocycles. The van der Waals surface area contributed by atoms with Crippen molar-refractivity contribution in [3.8, 4) is 28.9 Å². The molecule has 0 saturated carbocycles. The average molecular weight is 370 g/mol. The molecule has 0 atom stereocenters. The maximum absolute atomic E-state index is 11.3. The molecule has 0 radical (unpaired) electrons. The quantitative estimate of drug-likeness (QED) is 0.504. The summed E-state index contributed by atoms with van der Waals surface area (Å²) in [6.45, 7) is 2.69. The highest BCUT2D eigenvalue weighted by Gasteiger charge is 2.24. The van der Waals surface area contributed by atoms with Crippen LogP contribution in [0.4, 0.5) is 0 Å². The van der Waals surface area contributed by atoms with Crippen LogP contribution in [0.1, 0.15) is 18.1 Å². The smallest absolute Gasteiger partial charge is 0.115 e. The lowest BCUT2D eigenvalue weighted by atomic mass is 10.1. The number of phenols is 1. The Morgan fingerprint density at radius 3 is 2.50 bits per heavy atom. The van der Waals surface area contributed by atoms with Crippen LogP contribution in [0, 0.1) is 16.2 Å². The lowest BCUT2D eigenvalue weighted by Crippen LogP contribution is -2.04. The fourth-order valence-electron chi connectivity index (χ4n) is 3.74. The van der Waals surface area contributed by atoms with Crippen molar-refractivity contribution in [1.29, 1.82) is 5.26 Å². The first-order valence-corrected chi connectivity index (χ1v) is 9.00. The van der Waals surface area contributed by atoms with Gasteiger partial charge in [0.05, 0.1) is 22.5 Å². The van der Waals surface area contributed by atoms with Gasteiger partial charge in [0.25, 0.3) is 0 Å². The van der Waals surface area contributed by atoms with Crippen LogP contribution in [0.25, 0.3) is 28.0 Å². The Bertz CT molecular complexity index is 1210. The predicted octanol–water partition coefficient (Wildman–Crippen LogP) is 4.96. The van der Waals surface area contributed by atoms with Gasteiger partial charge in [0.1, 0.15) is 18.4 Å². The van der Waals surface area contributed by atoms with E-state index in [1.54, 1.807) is 18.2 Å². The summed E-state index contributed by atoms with van der Waals surface area (Å²) in [6, 6.07) is 18.7. The van der Waals surface area contributed by atoms with Crippen molar-refractivity contribution in [2.24, 2.45) is 5.18 Å². The van der Waals surface area contributed by atoms with Crippen molar-refractivity contribution in [3.05, 3.63) is 76.8 Å². The summed E-state index contributed by atoms with van der Waals surface area (Å²) in [5.74, 6) is 0.172. The molecule has 0 unspecified atom stereocenters. The first kappa shape index (κ1) is 17.6. The molecule has 0 saturated heterocycles. The van der Waals surface area contributed by atoms with E-state index in [1.807, 2.05) is 58.7 Å². The van der Waals surface area contributed by atoms with Gasteiger partial charge in [0.2, 0.25) is 0 Å². The number of fused-ring (bicyclic) bond motifs is 1. The van der Waals surface area contributed by atoms with Gasteiger partial charge in [-0.1, -0.05) is 23.4 Å². The normalized spacial score (nSPS) is 10.9. The fourth-order valence-corrected chi connectivity index (χ4v) is 3.74. The van der Waals surface area contributed by atoms with Crippen LogP contribution in [0.2, 0.25) is 0 Å². The maximum atomic E-state index is 11.3. The molecule has 0 bridgehead atoms. The van der Waals surface area contributed by atoms with Gasteiger partial charge in [-0.25, -0.2) is 0 Å². The summed E-state index contributed by atoms with van der Waals surface area (Å²) in [5, 5.41) is 23.5. The highest BCUT2D eigenvalue weighted by molar-refractivity contribution is 5.94. The summed E-state index contributed by atoms with van der Waals surface area (Å²) in [4.78, 5) is 11.3. The average Bonchev–Trinajstić information content (AvgIpc) is 3.27. The molecule has 0 amide bonds. The second-order valence-corrected chi connectivity index (χ2v) is 6.46. The number of hydrogen-bond acceptors (Lipinski definition) is 4. The SMILES string of the molecule is CCn1ccc(C#N)c1-c1c(CN=O)c2ccccc2n1-c1ccc(O)cc1. The van der Waals surface area contributed by atoms with E-state index < -0.39 is 0 Å². The van der Waals surface area contributed by atoms with Crippen LogP contribution in [0.5, 0.6) is 5.75 Å². The summed E-state index contributed by atoms with van der Waals surface area (Å²) >= 11 is 0. The third-order valence-corrected chi connectivity index (χ3v) is 4.96. The van der Waals surface area contributed by atoms with E-state index in [0.717, 1.165) is 33.5 Å². The molecule has 4 aromatic rings. The van der Waals surface area contributed by atoms with Crippen LogP contribution in [-0.4, -0.2) is 14.2 Å². The molecule has 2 aromatic heterocycles. The topological polar surface area (TPSA) is 83.3 Å². The molecule has 6 heteroatoms. The number of aryl methyl sites for hydroxylation is 1. The first-order valence-electron chi connectivity index (χ1n) is 9.00. The third kappa shape index (κ3) is 2.65. The molecule has 28 heavy (non-hydrogen) atoms. The molecule has 4 rings (SSSR count). The second-order valence-electron chi connectivity index (χ2n) is 6.46. The van der Waals surface area contributed by atoms with E-state index in [9.17, 15) is 15.3 Å². The van der Waals surface area contributed by atoms with Gasteiger partial charge in [-0.2, -0.15) is 10.2 Å². The van der Waals surface area contributed by atoms with Gasteiger partial charge in [0.15, 0.2) is 0 Å². The second kappa shape index (κ2) is 7.05. The van der Waals surface area contributed by atoms with Crippen LogP contribution < -0.4 is 0 Å². The molecule has 0 aliphatic rings. The van der Waals surface area contributed by atoms with Crippen molar-refractivity contribution >= 4 is 10.9 Å². The molecule has 0 aliphatic heterocycles. The van der Waals surface area contributed by atoms with Crippen molar-refractivity contribution in [2.45, 2.75) is 20.0 Å². The number of aromatic hydroxyl groups is 1. The van der Waals surface area contributed by atoms with Crippen LogP contribution >= 0.6 is 0 Å². The van der Waals surface area contributed by atoms with Crippen molar-refractivity contribution in [2.75, 3.05) is 0 Å². The Morgan fingerprint density at radius 1 is 1.07 bits per heavy atom. The van der Waals surface area contributed by atoms with E-state index in [2.05, 4.69) is 11.2 Å². The summed E-state index contributed by atoms with van der Waals surface area (Å²) < 4.78 is 4.02. The van der Waals surface area contributed by atoms with Gasteiger partial charge >= 0.3 is 0 Å². The highest BCUT2D eigenvalue weighted by atomic mass is 16.3. The largest absolute Gasteiger partial charge is 0.508 e. The maximum Gasteiger partial charge on any atom is 0.115 e. The molecule has 2 heterocycles. The van der Waals surface area contributed by atoms with Crippen LogP contribution in [0.3, 0.4) is 0 Å². The molecule has 6 nitrogen and oxygen atoms in total. The van der Waals surface area contributed by atoms with E-state index in [-0.39, 0.29) is 12.3 Å². The zero-order valence-electron chi connectivity index (χ0n) is 15.3. The number of benzene rings is 2. The Morgan fingerprint density at radius 2 is 1.82 bits per heavy atom. The number of hydrogen-bond donors (Lipinski definition) is 1. The lowest BCUT2D eigenvalue weighted by molar-refractivity contribution is 0.475. The van der Waals surface area contributed by atoms with Crippen LogP contribution in [0.15, 0.2) is 66.0 Å². The molecule has 0 spiro atoms. The minimum atomic E-state index is 0.000688. The summed E-state index contributed by atoms with van der Waals surface area (Å²) in [7, 11) is 0. The zero-order chi connectivity index (χ0) is 19.7. The molecule has 0 fully saturated rings. The van der Waals surface area contributed by atoms with E-state index in [0.29, 0.717) is 12.1 Å². The molecular weight excluding hydrogens is 352 g/mol. The third-order valence-electron chi connectivity index (χ3n) is 4.96. The van der Waals surface area contributed by atoms with Crippen molar-refractivity contribution in [1.82, 2.24) is 9.13 Å². The number of para-hydroxylation sites is 1. The van der Waals surface area contributed by atoms with E-state index in [4.69, 9.17) is 0 Å². The summed E-state index contributed by atoms with van der Waals surface area (Å²) in [5.41, 5.74) is 4.59. The monoisotopic (exact) mass is 370 g/mol. The molecule has 0 aliphatic carbocycles. The minimum absolute atomic E-state index is 0.000688. The van der Waals surface area contributed by atoms with E-state index in [1.165, 1.54) is 0 Å². The van der Waals surface area contributed by atoms with Crippen LogP contribution in [-0.2, 0) is 13.1 Å². The van der Waals surface area contributed by atoms with Gasteiger partial charge in [-0.3, -0.25) is 0 Å². The zero-order valence-corrected chi connectivity index (χ0v) is 15.3. The van der Waals surface area contributed by atoms with Gasteiger partial charge in [-0.05, 0) is 43.3 Å². The van der Waals surface area contributed by atoms with Crippen molar-refractivity contribution in [3.63, 3.8) is 0 Å². The Hall–Kier alpha value is -3.85. The van der Waals surface area contributed by atoms with Crippen molar-refractivity contribution < 1.29 is 5.11 Å². The Labute approximate surface area is 161 Å². The Kier molecular flexibility index (Phi) is 4.42. The number of nitrogens with zero attached hydrogens (tertiary/aromatic N) is 4. The number of aromatic nitrogens is 2. The van der Waals surface area contributed by atoms with Gasteiger partial charge in [0, 0.05) is 29.4 Å². The standard InChI is InChI=1S/C22H18N4O2/c1-2-25-12-11-15(13-23)21(25)22-19(14-24-28)18-5-3-4-6-20(18)26(22)16-7-9-17(27)10-8-16/h3-12,27H,2,14H2,1H3. The van der Waals surface area contributed by atoms with Gasteiger partial charge in [-0.15, -0.1) is 0 Å². The fraction of sp³-hybridized carbons (Fsp3) is 0.136. The predicted molar refractivity (Wildman–Crippen MR) is 108 cm³/mol.